The monoisotopic (exact) mass is 376 g/mol. The second-order valence-corrected chi connectivity index (χ2v) is 6.77. The molecule has 2 rings (SSSR count). The van der Waals surface area contributed by atoms with Gasteiger partial charge in [-0.1, -0.05) is 18.2 Å². The second-order valence-electron chi connectivity index (χ2n) is 5.92. The van der Waals surface area contributed by atoms with Crippen LogP contribution >= 0.6 is 15.9 Å². The molecule has 2 aromatic carbocycles. The van der Waals surface area contributed by atoms with Gasteiger partial charge < -0.3 is 15.4 Å². The molecule has 0 atom stereocenters. The smallest absolute Gasteiger partial charge is 0.319 e. The van der Waals surface area contributed by atoms with E-state index in [0.29, 0.717) is 0 Å². The fourth-order valence-corrected chi connectivity index (χ4v) is 2.83. The average Bonchev–Trinajstić information content (AvgIpc) is 2.49. The van der Waals surface area contributed by atoms with Crippen LogP contribution in [0.25, 0.3) is 0 Å². The van der Waals surface area contributed by atoms with Crippen molar-refractivity contribution < 1.29 is 9.53 Å². The standard InChI is InChI=1S/C18H21BrN2O2/c1-12-5-10-16(15(19)11-12)20-17(22)21-18(2,3)13-6-8-14(23-4)9-7-13/h5-11H,1-4H3,(H2,20,21,22). The Bertz CT molecular complexity index is 697. The number of anilines is 1. The van der Waals surface area contributed by atoms with E-state index in [1.54, 1.807) is 7.11 Å². The SMILES string of the molecule is COc1ccc(C(C)(C)NC(=O)Nc2ccc(C)cc2Br)cc1. The molecule has 0 radical (unpaired) electrons. The van der Waals surface area contributed by atoms with Gasteiger partial charge in [-0.05, 0) is 72.1 Å². The molecule has 0 aromatic heterocycles. The summed E-state index contributed by atoms with van der Waals surface area (Å²) < 4.78 is 6.02. The number of methoxy groups -OCH3 is 1. The zero-order valence-corrected chi connectivity index (χ0v) is 15.3. The number of carbonyl (C=O) groups excluding carboxylic acids is 1. The number of nitrogens with one attached hydrogen (secondary N) is 2. The quantitative estimate of drug-likeness (QED) is 0.803. The predicted octanol–water partition coefficient (Wildman–Crippen LogP) is 4.82. The maximum Gasteiger partial charge on any atom is 0.319 e. The zero-order valence-electron chi connectivity index (χ0n) is 13.7. The maximum absolute atomic E-state index is 12.3. The lowest BCUT2D eigenvalue weighted by molar-refractivity contribution is 0.242. The molecular formula is C18H21BrN2O2. The normalized spacial score (nSPS) is 11.0. The molecule has 0 spiro atoms. The van der Waals surface area contributed by atoms with Gasteiger partial charge in [0.25, 0.3) is 0 Å². The number of amides is 2. The van der Waals surface area contributed by atoms with E-state index in [0.717, 1.165) is 27.0 Å². The van der Waals surface area contributed by atoms with Crippen LogP contribution in [0, 0.1) is 6.92 Å². The molecule has 0 heterocycles. The van der Waals surface area contributed by atoms with Gasteiger partial charge >= 0.3 is 6.03 Å². The van der Waals surface area contributed by atoms with Gasteiger partial charge in [0, 0.05) is 4.47 Å². The minimum Gasteiger partial charge on any atom is -0.497 e. The highest BCUT2D eigenvalue weighted by Crippen LogP contribution is 2.25. The summed E-state index contributed by atoms with van der Waals surface area (Å²) in [6.45, 7) is 5.92. The van der Waals surface area contributed by atoms with Crippen LogP contribution in [0.5, 0.6) is 5.75 Å². The first-order chi connectivity index (χ1) is 10.8. The number of halogens is 1. The van der Waals surface area contributed by atoms with E-state index < -0.39 is 5.54 Å². The summed E-state index contributed by atoms with van der Waals surface area (Å²) in [5.41, 5.74) is 2.35. The van der Waals surface area contributed by atoms with E-state index in [9.17, 15) is 4.79 Å². The van der Waals surface area contributed by atoms with E-state index in [1.807, 2.05) is 63.2 Å². The van der Waals surface area contributed by atoms with Crippen molar-refractivity contribution in [2.75, 3.05) is 12.4 Å². The minimum atomic E-state index is -0.506. The summed E-state index contributed by atoms with van der Waals surface area (Å²) in [6, 6.07) is 13.2. The van der Waals surface area contributed by atoms with Crippen LogP contribution in [0.15, 0.2) is 46.9 Å². The Morgan fingerprint density at radius 3 is 2.35 bits per heavy atom. The minimum absolute atomic E-state index is 0.254. The fourth-order valence-electron chi connectivity index (χ4n) is 2.24. The molecule has 0 aliphatic rings. The number of benzene rings is 2. The van der Waals surface area contributed by atoms with E-state index in [-0.39, 0.29) is 6.03 Å². The van der Waals surface area contributed by atoms with Crippen LogP contribution in [-0.2, 0) is 5.54 Å². The lowest BCUT2D eigenvalue weighted by Crippen LogP contribution is -2.43. The fraction of sp³-hybridized carbons (Fsp3) is 0.278. The summed E-state index contributed by atoms with van der Waals surface area (Å²) in [4.78, 5) is 12.3. The zero-order chi connectivity index (χ0) is 17.0. The summed E-state index contributed by atoms with van der Waals surface area (Å²) in [5, 5.41) is 5.85. The topological polar surface area (TPSA) is 50.4 Å². The molecule has 0 aliphatic heterocycles. The molecule has 2 aromatic rings. The molecule has 0 aliphatic carbocycles. The molecule has 2 N–H and O–H groups in total. The molecule has 0 fully saturated rings. The summed E-state index contributed by atoms with van der Waals surface area (Å²) >= 11 is 3.46. The number of carbonyl (C=O) groups is 1. The molecular weight excluding hydrogens is 356 g/mol. The first-order valence-corrected chi connectivity index (χ1v) is 8.11. The van der Waals surface area contributed by atoms with Crippen LogP contribution in [0.4, 0.5) is 10.5 Å². The Balaban J connectivity index is 2.08. The van der Waals surface area contributed by atoms with E-state index in [2.05, 4.69) is 26.6 Å². The van der Waals surface area contributed by atoms with Gasteiger partial charge in [-0.3, -0.25) is 0 Å². The van der Waals surface area contributed by atoms with Gasteiger partial charge in [0.05, 0.1) is 18.3 Å². The molecule has 23 heavy (non-hydrogen) atoms. The molecule has 4 nitrogen and oxygen atoms in total. The van der Waals surface area contributed by atoms with Gasteiger partial charge in [-0.2, -0.15) is 0 Å². The highest BCUT2D eigenvalue weighted by molar-refractivity contribution is 9.10. The Labute approximate surface area is 145 Å². The molecule has 0 saturated carbocycles. The number of urea groups is 1. The van der Waals surface area contributed by atoms with Crippen LogP contribution in [0.1, 0.15) is 25.0 Å². The van der Waals surface area contributed by atoms with Gasteiger partial charge in [0.2, 0.25) is 0 Å². The second kappa shape index (κ2) is 7.04. The van der Waals surface area contributed by atoms with Crippen molar-refractivity contribution in [2.45, 2.75) is 26.3 Å². The highest BCUT2D eigenvalue weighted by Gasteiger charge is 2.23. The van der Waals surface area contributed by atoms with E-state index in [1.165, 1.54) is 0 Å². The third-order valence-corrected chi connectivity index (χ3v) is 4.27. The lowest BCUT2D eigenvalue weighted by Gasteiger charge is -2.27. The van der Waals surface area contributed by atoms with Crippen molar-refractivity contribution in [2.24, 2.45) is 0 Å². The molecule has 122 valence electrons. The molecule has 0 saturated heterocycles. The number of aryl methyl sites for hydroxylation is 1. The largest absolute Gasteiger partial charge is 0.497 e. The van der Waals surface area contributed by atoms with Crippen LogP contribution in [-0.4, -0.2) is 13.1 Å². The first-order valence-electron chi connectivity index (χ1n) is 7.31. The summed E-state index contributed by atoms with van der Waals surface area (Å²) in [6.07, 6.45) is 0. The van der Waals surface area contributed by atoms with Crippen molar-refractivity contribution in [3.8, 4) is 5.75 Å². The number of ether oxygens (including phenoxy) is 1. The third kappa shape index (κ3) is 4.48. The van der Waals surface area contributed by atoms with Crippen LogP contribution in [0.2, 0.25) is 0 Å². The van der Waals surface area contributed by atoms with E-state index in [4.69, 9.17) is 4.74 Å². The van der Waals surface area contributed by atoms with Gasteiger partial charge in [0.1, 0.15) is 5.75 Å². The van der Waals surface area contributed by atoms with Crippen molar-refractivity contribution in [3.05, 3.63) is 58.1 Å². The third-order valence-electron chi connectivity index (χ3n) is 3.61. The van der Waals surface area contributed by atoms with Gasteiger partial charge in [-0.25, -0.2) is 4.79 Å². The van der Waals surface area contributed by atoms with Crippen molar-refractivity contribution in [1.82, 2.24) is 5.32 Å². The Morgan fingerprint density at radius 2 is 1.78 bits per heavy atom. The van der Waals surface area contributed by atoms with Gasteiger partial charge in [0.15, 0.2) is 0 Å². The van der Waals surface area contributed by atoms with Crippen molar-refractivity contribution in [3.63, 3.8) is 0 Å². The maximum atomic E-state index is 12.3. The number of hydrogen-bond donors (Lipinski definition) is 2. The Morgan fingerprint density at radius 1 is 1.13 bits per heavy atom. The average molecular weight is 377 g/mol. The highest BCUT2D eigenvalue weighted by atomic mass is 79.9. The van der Waals surface area contributed by atoms with E-state index >= 15 is 0 Å². The molecule has 2 amide bonds. The molecule has 5 heteroatoms. The van der Waals surface area contributed by atoms with Crippen molar-refractivity contribution >= 4 is 27.6 Å². The molecule has 0 unspecified atom stereocenters. The van der Waals surface area contributed by atoms with Crippen LogP contribution in [0.3, 0.4) is 0 Å². The predicted molar refractivity (Wildman–Crippen MR) is 97.1 cm³/mol. The summed E-state index contributed by atoms with van der Waals surface area (Å²) in [5.74, 6) is 0.789. The van der Waals surface area contributed by atoms with Crippen LogP contribution < -0.4 is 15.4 Å². The molecule has 0 bridgehead atoms. The number of hydrogen-bond acceptors (Lipinski definition) is 2. The Hall–Kier alpha value is -2.01. The number of rotatable bonds is 4. The lowest BCUT2D eigenvalue weighted by atomic mass is 9.94. The summed E-state index contributed by atoms with van der Waals surface area (Å²) in [7, 11) is 1.63. The van der Waals surface area contributed by atoms with Crippen molar-refractivity contribution in [1.29, 1.82) is 0 Å². The van der Waals surface area contributed by atoms with Gasteiger partial charge in [-0.15, -0.1) is 0 Å². The first kappa shape index (κ1) is 17.3. The Kier molecular flexibility index (Phi) is 5.31.